The Morgan fingerprint density at radius 3 is 2.68 bits per heavy atom. The molecule has 0 fully saturated rings. The number of aryl methyl sites for hydroxylation is 1. The lowest BCUT2D eigenvalue weighted by Crippen LogP contribution is -2.27. The number of aliphatic hydroxyl groups excluding tert-OH is 1. The third-order valence-electron chi connectivity index (χ3n) is 3.22. The van der Waals surface area contributed by atoms with Crippen molar-refractivity contribution < 1.29 is 22.3 Å². The van der Waals surface area contributed by atoms with Crippen molar-refractivity contribution in [2.45, 2.75) is 17.4 Å². The second kappa shape index (κ2) is 6.55. The Kier molecular flexibility index (Phi) is 4.94. The average Bonchev–Trinajstić information content (AvgIpc) is 2.87. The Bertz CT molecular complexity index is 759. The SMILES string of the molecule is Cn1cccc1C(O)CCNS(=O)(=O)c1cc(F)ccc1F. The molecule has 8 heteroatoms. The predicted octanol–water partition coefficient (Wildman–Crippen LogP) is 1.71. The van der Waals surface area contributed by atoms with Crippen molar-refractivity contribution in [1.29, 1.82) is 0 Å². The zero-order valence-corrected chi connectivity index (χ0v) is 12.6. The zero-order valence-electron chi connectivity index (χ0n) is 11.8. The fourth-order valence-corrected chi connectivity index (χ4v) is 3.19. The summed E-state index contributed by atoms with van der Waals surface area (Å²) in [6.45, 7) is -0.107. The summed E-state index contributed by atoms with van der Waals surface area (Å²) in [5.74, 6) is -1.87. The minimum Gasteiger partial charge on any atom is -0.387 e. The lowest BCUT2D eigenvalue weighted by molar-refractivity contribution is 0.161. The number of nitrogens with one attached hydrogen (secondary N) is 1. The smallest absolute Gasteiger partial charge is 0.243 e. The van der Waals surface area contributed by atoms with Gasteiger partial charge in [0, 0.05) is 25.5 Å². The first kappa shape index (κ1) is 16.6. The topological polar surface area (TPSA) is 71.3 Å². The summed E-state index contributed by atoms with van der Waals surface area (Å²) in [5.41, 5.74) is 0.635. The Hall–Kier alpha value is -1.77. The molecule has 0 saturated heterocycles. The van der Waals surface area contributed by atoms with Crippen molar-refractivity contribution in [1.82, 2.24) is 9.29 Å². The number of halogens is 2. The molecule has 1 heterocycles. The maximum absolute atomic E-state index is 13.5. The van der Waals surface area contributed by atoms with Gasteiger partial charge in [-0.05, 0) is 36.8 Å². The molecule has 22 heavy (non-hydrogen) atoms. The minimum atomic E-state index is -4.17. The summed E-state index contributed by atoms with van der Waals surface area (Å²) >= 11 is 0. The fourth-order valence-electron chi connectivity index (χ4n) is 2.06. The van der Waals surface area contributed by atoms with Gasteiger partial charge in [0.1, 0.15) is 16.5 Å². The van der Waals surface area contributed by atoms with E-state index in [-0.39, 0.29) is 13.0 Å². The number of aliphatic hydroxyl groups is 1. The quantitative estimate of drug-likeness (QED) is 0.847. The molecule has 0 radical (unpaired) electrons. The van der Waals surface area contributed by atoms with Crippen LogP contribution < -0.4 is 4.72 Å². The molecule has 2 aromatic rings. The minimum absolute atomic E-state index is 0.105. The third kappa shape index (κ3) is 3.70. The van der Waals surface area contributed by atoms with E-state index in [1.54, 1.807) is 29.9 Å². The van der Waals surface area contributed by atoms with Crippen LogP contribution in [0.2, 0.25) is 0 Å². The van der Waals surface area contributed by atoms with Crippen LogP contribution in [0.4, 0.5) is 8.78 Å². The molecule has 0 aliphatic carbocycles. The van der Waals surface area contributed by atoms with Crippen LogP contribution in [0, 0.1) is 11.6 Å². The molecule has 0 saturated carbocycles. The van der Waals surface area contributed by atoms with Crippen molar-refractivity contribution in [3.8, 4) is 0 Å². The van der Waals surface area contributed by atoms with Gasteiger partial charge in [0.15, 0.2) is 0 Å². The van der Waals surface area contributed by atoms with Crippen LogP contribution in [0.5, 0.6) is 0 Å². The van der Waals surface area contributed by atoms with Crippen LogP contribution in [-0.2, 0) is 17.1 Å². The van der Waals surface area contributed by atoms with E-state index in [1.165, 1.54) is 0 Å². The van der Waals surface area contributed by atoms with Gasteiger partial charge in [-0.2, -0.15) is 0 Å². The fraction of sp³-hybridized carbons (Fsp3) is 0.286. The lowest BCUT2D eigenvalue weighted by atomic mass is 10.2. The predicted molar refractivity (Wildman–Crippen MR) is 76.5 cm³/mol. The Morgan fingerprint density at radius 2 is 2.05 bits per heavy atom. The van der Waals surface area contributed by atoms with E-state index in [0.29, 0.717) is 11.8 Å². The zero-order chi connectivity index (χ0) is 16.3. The maximum Gasteiger partial charge on any atom is 0.243 e. The molecule has 1 unspecified atom stereocenters. The van der Waals surface area contributed by atoms with Crippen molar-refractivity contribution in [3.05, 3.63) is 53.9 Å². The summed E-state index contributed by atoms with van der Waals surface area (Å²) in [7, 11) is -2.42. The highest BCUT2D eigenvalue weighted by molar-refractivity contribution is 7.89. The van der Waals surface area contributed by atoms with Crippen LogP contribution in [0.15, 0.2) is 41.4 Å². The van der Waals surface area contributed by atoms with E-state index in [2.05, 4.69) is 4.72 Å². The van der Waals surface area contributed by atoms with Crippen LogP contribution in [0.3, 0.4) is 0 Å². The van der Waals surface area contributed by atoms with Crippen LogP contribution in [0.1, 0.15) is 18.2 Å². The van der Waals surface area contributed by atoms with E-state index in [9.17, 15) is 22.3 Å². The summed E-state index contributed by atoms with van der Waals surface area (Å²) < 4.78 is 54.3. The van der Waals surface area contributed by atoms with Gasteiger partial charge in [0.2, 0.25) is 10.0 Å². The summed E-state index contributed by atoms with van der Waals surface area (Å²) in [6, 6.07) is 5.68. The maximum atomic E-state index is 13.5. The molecule has 1 aromatic carbocycles. The molecule has 0 aliphatic heterocycles. The molecule has 0 spiro atoms. The highest BCUT2D eigenvalue weighted by Crippen LogP contribution is 2.18. The standard InChI is InChI=1S/C14H16F2N2O3S/c1-18-8-2-3-12(18)13(19)6-7-17-22(20,21)14-9-10(15)4-5-11(14)16/h2-5,8-9,13,17,19H,6-7H2,1H3. The number of hydrogen-bond acceptors (Lipinski definition) is 3. The Morgan fingerprint density at radius 1 is 1.32 bits per heavy atom. The average molecular weight is 330 g/mol. The summed E-state index contributed by atoms with van der Waals surface area (Å²) in [5, 5.41) is 9.97. The van der Waals surface area contributed by atoms with Crippen LogP contribution >= 0.6 is 0 Å². The van der Waals surface area contributed by atoms with Crippen LogP contribution in [-0.4, -0.2) is 24.6 Å². The molecule has 120 valence electrons. The van der Waals surface area contributed by atoms with E-state index in [0.717, 1.165) is 12.1 Å². The van der Waals surface area contributed by atoms with Gasteiger partial charge in [-0.1, -0.05) is 0 Å². The molecular formula is C14H16F2N2O3S. The Balaban J connectivity index is 2.01. The van der Waals surface area contributed by atoms with E-state index >= 15 is 0 Å². The normalized spacial score (nSPS) is 13.3. The molecule has 5 nitrogen and oxygen atoms in total. The molecule has 0 amide bonds. The highest BCUT2D eigenvalue weighted by atomic mass is 32.2. The van der Waals surface area contributed by atoms with E-state index in [4.69, 9.17) is 0 Å². The number of nitrogens with zero attached hydrogens (tertiary/aromatic N) is 1. The van der Waals surface area contributed by atoms with E-state index in [1.807, 2.05) is 0 Å². The molecule has 0 aliphatic rings. The molecule has 0 bridgehead atoms. The second-order valence-electron chi connectivity index (χ2n) is 4.82. The highest BCUT2D eigenvalue weighted by Gasteiger charge is 2.20. The summed E-state index contributed by atoms with van der Waals surface area (Å²) in [4.78, 5) is -0.749. The Labute approximate surface area is 127 Å². The van der Waals surface area contributed by atoms with Gasteiger partial charge in [-0.15, -0.1) is 0 Å². The number of benzene rings is 1. The van der Waals surface area contributed by atoms with Gasteiger partial charge in [0.25, 0.3) is 0 Å². The lowest BCUT2D eigenvalue weighted by Gasteiger charge is -2.13. The molecule has 2 rings (SSSR count). The second-order valence-corrected chi connectivity index (χ2v) is 6.56. The first-order valence-corrected chi connectivity index (χ1v) is 8.03. The van der Waals surface area contributed by atoms with Crippen molar-refractivity contribution in [2.75, 3.05) is 6.54 Å². The summed E-state index contributed by atoms with van der Waals surface area (Å²) in [6.07, 6.45) is 0.999. The van der Waals surface area contributed by atoms with Gasteiger partial charge in [-0.25, -0.2) is 21.9 Å². The monoisotopic (exact) mass is 330 g/mol. The number of sulfonamides is 1. The van der Waals surface area contributed by atoms with Gasteiger partial charge in [-0.3, -0.25) is 0 Å². The van der Waals surface area contributed by atoms with Gasteiger partial charge in [0.05, 0.1) is 6.10 Å². The van der Waals surface area contributed by atoms with Gasteiger partial charge >= 0.3 is 0 Å². The first-order valence-electron chi connectivity index (χ1n) is 6.55. The largest absolute Gasteiger partial charge is 0.387 e. The first-order chi connectivity index (χ1) is 10.3. The number of aromatic nitrogens is 1. The van der Waals surface area contributed by atoms with Crippen molar-refractivity contribution >= 4 is 10.0 Å². The molecule has 1 aromatic heterocycles. The van der Waals surface area contributed by atoms with Gasteiger partial charge < -0.3 is 9.67 Å². The van der Waals surface area contributed by atoms with Crippen LogP contribution in [0.25, 0.3) is 0 Å². The van der Waals surface area contributed by atoms with E-state index < -0.39 is 32.7 Å². The number of rotatable bonds is 6. The molecule has 2 N–H and O–H groups in total. The van der Waals surface area contributed by atoms with Crippen molar-refractivity contribution in [2.24, 2.45) is 7.05 Å². The molecule has 1 atom stereocenters. The third-order valence-corrected chi connectivity index (χ3v) is 4.69. The van der Waals surface area contributed by atoms with Crippen molar-refractivity contribution in [3.63, 3.8) is 0 Å². The number of hydrogen-bond donors (Lipinski definition) is 2. The molecular weight excluding hydrogens is 314 g/mol.